The molecular weight excluding hydrogens is 198 g/mol. The summed E-state index contributed by atoms with van der Waals surface area (Å²) in [5, 5.41) is 2.69. The maximum Gasteiger partial charge on any atom is 0.239 e. The lowest BCUT2D eigenvalue weighted by Crippen LogP contribution is -2.12. The molecule has 0 aliphatic rings. The molecule has 76 valence electrons. The average Bonchev–Trinajstić information content (AvgIpc) is 2.21. The molecule has 0 atom stereocenters. The Hall–Kier alpha value is -1.02. The number of carbonyl (C=O) groups excluding carboxylic acids is 1. The number of anilines is 1. The van der Waals surface area contributed by atoms with Gasteiger partial charge in [0.15, 0.2) is 0 Å². The highest BCUT2D eigenvalue weighted by atomic mass is 35.5. The van der Waals surface area contributed by atoms with Crippen molar-refractivity contribution in [2.45, 2.75) is 19.8 Å². The maximum absolute atomic E-state index is 10.9. The lowest BCUT2D eigenvalue weighted by atomic mass is 10.1. The third-order valence-corrected chi connectivity index (χ3v) is 2.14. The Morgan fingerprint density at radius 2 is 2.00 bits per heavy atom. The van der Waals surface area contributed by atoms with Crippen LogP contribution in [-0.4, -0.2) is 11.8 Å². The van der Waals surface area contributed by atoms with E-state index in [1.807, 2.05) is 24.3 Å². The van der Waals surface area contributed by atoms with Crippen molar-refractivity contribution >= 4 is 23.2 Å². The summed E-state index contributed by atoms with van der Waals surface area (Å²) in [6, 6.07) is 7.84. The number of alkyl halides is 1. The van der Waals surface area contributed by atoms with E-state index in [1.165, 1.54) is 5.56 Å². The van der Waals surface area contributed by atoms with Crippen molar-refractivity contribution in [1.29, 1.82) is 0 Å². The predicted octanol–water partition coefficient (Wildman–Crippen LogP) is 2.82. The van der Waals surface area contributed by atoms with Gasteiger partial charge >= 0.3 is 0 Å². The molecule has 1 amide bonds. The van der Waals surface area contributed by atoms with Crippen LogP contribution in [0.25, 0.3) is 0 Å². The number of benzene rings is 1. The van der Waals surface area contributed by atoms with Crippen molar-refractivity contribution < 1.29 is 4.79 Å². The first-order valence-corrected chi connectivity index (χ1v) is 5.24. The minimum absolute atomic E-state index is 0.00326. The zero-order chi connectivity index (χ0) is 10.4. The standard InChI is InChI=1S/C11H14ClNO/c1-2-3-9-4-6-10(7-5-9)13-11(14)8-12/h4-7H,2-3,8H2,1H3,(H,13,14). The summed E-state index contributed by atoms with van der Waals surface area (Å²) in [4.78, 5) is 10.9. The number of hydrogen-bond acceptors (Lipinski definition) is 1. The molecule has 0 aromatic heterocycles. The van der Waals surface area contributed by atoms with Crippen molar-refractivity contribution in [2.24, 2.45) is 0 Å². The molecule has 0 unspecified atom stereocenters. The number of carbonyl (C=O) groups is 1. The number of rotatable bonds is 4. The first-order chi connectivity index (χ1) is 6.76. The predicted molar refractivity (Wildman–Crippen MR) is 59.8 cm³/mol. The first kappa shape index (κ1) is 11.1. The van der Waals surface area contributed by atoms with Crippen LogP contribution in [0.5, 0.6) is 0 Å². The second kappa shape index (κ2) is 5.66. The van der Waals surface area contributed by atoms with Gasteiger partial charge in [-0.3, -0.25) is 4.79 Å². The van der Waals surface area contributed by atoms with Crippen molar-refractivity contribution in [1.82, 2.24) is 0 Å². The number of aryl methyl sites for hydroxylation is 1. The fraction of sp³-hybridized carbons (Fsp3) is 0.364. The third kappa shape index (κ3) is 3.38. The molecule has 0 aliphatic carbocycles. The molecule has 1 rings (SSSR count). The van der Waals surface area contributed by atoms with E-state index in [2.05, 4.69) is 12.2 Å². The zero-order valence-electron chi connectivity index (χ0n) is 8.22. The van der Waals surface area contributed by atoms with Gasteiger partial charge in [-0.15, -0.1) is 11.6 Å². The SMILES string of the molecule is CCCc1ccc(NC(=O)CCl)cc1. The van der Waals surface area contributed by atoms with E-state index in [4.69, 9.17) is 11.6 Å². The second-order valence-electron chi connectivity index (χ2n) is 3.13. The van der Waals surface area contributed by atoms with Crippen LogP contribution >= 0.6 is 11.6 Å². The largest absolute Gasteiger partial charge is 0.325 e. The molecule has 0 aliphatic heterocycles. The molecule has 0 spiro atoms. The lowest BCUT2D eigenvalue weighted by Gasteiger charge is -2.04. The van der Waals surface area contributed by atoms with Gasteiger partial charge in [0.1, 0.15) is 5.88 Å². The Morgan fingerprint density at radius 3 is 2.50 bits per heavy atom. The van der Waals surface area contributed by atoms with E-state index < -0.39 is 0 Å². The Morgan fingerprint density at radius 1 is 1.36 bits per heavy atom. The summed E-state index contributed by atoms with van der Waals surface area (Å²) in [6.45, 7) is 2.14. The lowest BCUT2D eigenvalue weighted by molar-refractivity contribution is -0.113. The van der Waals surface area contributed by atoms with Crippen LogP contribution in [0, 0.1) is 0 Å². The zero-order valence-corrected chi connectivity index (χ0v) is 8.97. The summed E-state index contributed by atoms with van der Waals surface area (Å²) in [6.07, 6.45) is 2.21. The molecule has 2 nitrogen and oxygen atoms in total. The Bertz CT molecular complexity index is 295. The second-order valence-corrected chi connectivity index (χ2v) is 3.40. The Kier molecular flexibility index (Phi) is 4.47. The smallest absolute Gasteiger partial charge is 0.239 e. The Labute approximate surface area is 89.3 Å². The van der Waals surface area contributed by atoms with Crippen LogP contribution in [0.1, 0.15) is 18.9 Å². The highest BCUT2D eigenvalue weighted by molar-refractivity contribution is 6.29. The van der Waals surface area contributed by atoms with Crippen LogP contribution in [0.2, 0.25) is 0 Å². The van der Waals surface area contributed by atoms with Crippen LogP contribution in [-0.2, 0) is 11.2 Å². The van der Waals surface area contributed by atoms with E-state index in [-0.39, 0.29) is 11.8 Å². The summed E-state index contributed by atoms with van der Waals surface area (Å²) in [5.74, 6) is -0.175. The van der Waals surface area contributed by atoms with Crippen molar-refractivity contribution in [3.05, 3.63) is 29.8 Å². The van der Waals surface area contributed by atoms with E-state index >= 15 is 0 Å². The molecule has 1 aromatic rings. The highest BCUT2D eigenvalue weighted by Crippen LogP contribution is 2.10. The molecule has 1 aromatic carbocycles. The van der Waals surface area contributed by atoms with Gasteiger partial charge in [0.25, 0.3) is 0 Å². The van der Waals surface area contributed by atoms with E-state index in [0.717, 1.165) is 18.5 Å². The van der Waals surface area contributed by atoms with Gasteiger partial charge < -0.3 is 5.32 Å². The molecule has 0 saturated heterocycles. The van der Waals surface area contributed by atoms with Gasteiger partial charge in [0.05, 0.1) is 0 Å². The van der Waals surface area contributed by atoms with Gasteiger partial charge in [-0.05, 0) is 24.1 Å². The molecule has 0 fully saturated rings. The average molecular weight is 212 g/mol. The van der Waals surface area contributed by atoms with E-state index in [9.17, 15) is 4.79 Å². The van der Waals surface area contributed by atoms with E-state index in [1.54, 1.807) is 0 Å². The first-order valence-electron chi connectivity index (χ1n) is 4.71. The molecule has 3 heteroatoms. The number of nitrogens with one attached hydrogen (secondary N) is 1. The fourth-order valence-electron chi connectivity index (χ4n) is 1.24. The fourth-order valence-corrected chi connectivity index (χ4v) is 1.30. The van der Waals surface area contributed by atoms with Crippen molar-refractivity contribution in [3.63, 3.8) is 0 Å². The normalized spacial score (nSPS) is 9.86. The summed E-state index contributed by atoms with van der Waals surface area (Å²) >= 11 is 5.37. The van der Waals surface area contributed by atoms with Gasteiger partial charge in [-0.2, -0.15) is 0 Å². The maximum atomic E-state index is 10.9. The van der Waals surface area contributed by atoms with Crippen LogP contribution in [0.15, 0.2) is 24.3 Å². The summed E-state index contributed by atoms with van der Waals surface area (Å²) < 4.78 is 0. The molecule has 0 bridgehead atoms. The van der Waals surface area contributed by atoms with Gasteiger partial charge in [-0.1, -0.05) is 25.5 Å². The molecule has 1 N–H and O–H groups in total. The summed E-state index contributed by atoms with van der Waals surface area (Å²) in [7, 11) is 0. The minimum atomic E-state index is -0.171. The van der Waals surface area contributed by atoms with Crippen LogP contribution in [0.4, 0.5) is 5.69 Å². The number of halogens is 1. The molecule has 0 saturated carbocycles. The molecule has 14 heavy (non-hydrogen) atoms. The number of amides is 1. The topological polar surface area (TPSA) is 29.1 Å². The summed E-state index contributed by atoms with van der Waals surface area (Å²) in [5.41, 5.74) is 2.09. The van der Waals surface area contributed by atoms with Crippen molar-refractivity contribution in [3.8, 4) is 0 Å². The highest BCUT2D eigenvalue weighted by Gasteiger charge is 1.99. The molecule has 0 radical (unpaired) electrons. The van der Waals surface area contributed by atoms with Gasteiger partial charge in [-0.25, -0.2) is 0 Å². The van der Waals surface area contributed by atoms with E-state index in [0.29, 0.717) is 0 Å². The Balaban J connectivity index is 2.59. The quantitative estimate of drug-likeness (QED) is 0.763. The number of hydrogen-bond donors (Lipinski definition) is 1. The van der Waals surface area contributed by atoms with Crippen molar-refractivity contribution in [2.75, 3.05) is 11.2 Å². The third-order valence-electron chi connectivity index (χ3n) is 1.90. The van der Waals surface area contributed by atoms with Gasteiger partial charge in [0.2, 0.25) is 5.91 Å². The molecular formula is C11H14ClNO. The van der Waals surface area contributed by atoms with Crippen LogP contribution < -0.4 is 5.32 Å². The minimum Gasteiger partial charge on any atom is -0.325 e. The monoisotopic (exact) mass is 211 g/mol. The molecule has 0 heterocycles. The van der Waals surface area contributed by atoms with Gasteiger partial charge in [0, 0.05) is 5.69 Å². The van der Waals surface area contributed by atoms with Crippen LogP contribution in [0.3, 0.4) is 0 Å².